The molecule has 0 heterocycles. The largest absolute Gasteiger partial charge is 0.508 e. The fourth-order valence-electron chi connectivity index (χ4n) is 6.92. The van der Waals surface area contributed by atoms with Crippen LogP contribution in [0.15, 0.2) is 0 Å². The number of carbonyl (C=O) groups excluding carboxylic acids is 2. The van der Waals surface area contributed by atoms with Crippen LogP contribution in [0.25, 0.3) is 0 Å². The molecule has 0 aromatic carbocycles. The summed E-state index contributed by atoms with van der Waals surface area (Å²) in [7, 11) is 0. The maximum atomic E-state index is 12.5. The summed E-state index contributed by atoms with van der Waals surface area (Å²) in [4.78, 5) is 49.6. The third kappa shape index (κ3) is 34.6. The molecule has 0 rings (SSSR count). The standard InChI is InChI=1S/C44H84N2O10/c1-5-9-11-21-27-39(29-23-17-13-14-19-25-31-41(47)48)55-43(51)53-36-33-45-34-37-54-44(52)56-40(28-22-12-10-6-2)30-24-18-15-16-20-26-38(42(49)50)32-35-46(7-3)8-4/h38-40,45H,5-37H2,1-4H3,(H,47,48)(H,49,50). The summed E-state index contributed by atoms with van der Waals surface area (Å²) >= 11 is 0. The van der Waals surface area contributed by atoms with E-state index < -0.39 is 24.2 Å². The maximum absolute atomic E-state index is 12.5. The first-order valence-electron chi connectivity index (χ1n) is 22.7. The molecule has 12 heteroatoms. The molecule has 0 aliphatic heterocycles. The highest BCUT2D eigenvalue weighted by atomic mass is 16.7. The van der Waals surface area contributed by atoms with Crippen molar-refractivity contribution < 1.29 is 48.3 Å². The Balaban J connectivity index is 4.35. The molecule has 0 spiro atoms. The van der Waals surface area contributed by atoms with Crippen molar-refractivity contribution in [1.29, 1.82) is 0 Å². The second kappa shape index (κ2) is 39.2. The zero-order valence-electron chi connectivity index (χ0n) is 36.2. The Kier molecular flexibility index (Phi) is 37.4. The molecule has 0 radical (unpaired) electrons. The Hall–Kier alpha value is -2.60. The molecule has 330 valence electrons. The highest BCUT2D eigenvalue weighted by Gasteiger charge is 2.19. The first kappa shape index (κ1) is 53.4. The lowest BCUT2D eigenvalue weighted by atomic mass is 9.96. The van der Waals surface area contributed by atoms with E-state index in [2.05, 4.69) is 37.9 Å². The van der Waals surface area contributed by atoms with E-state index in [9.17, 15) is 24.3 Å². The Labute approximate surface area is 340 Å². The van der Waals surface area contributed by atoms with E-state index >= 15 is 0 Å². The van der Waals surface area contributed by atoms with Crippen LogP contribution >= 0.6 is 0 Å². The number of carboxylic acids is 2. The minimum absolute atomic E-state index is 0.150. The summed E-state index contributed by atoms with van der Waals surface area (Å²) in [6, 6.07) is 0. The fourth-order valence-corrected chi connectivity index (χ4v) is 6.92. The topological polar surface area (TPSA) is 161 Å². The molecule has 0 fully saturated rings. The molecule has 0 saturated carbocycles. The van der Waals surface area contributed by atoms with Crippen molar-refractivity contribution in [2.45, 2.75) is 207 Å². The van der Waals surface area contributed by atoms with Gasteiger partial charge in [0.2, 0.25) is 0 Å². The van der Waals surface area contributed by atoms with E-state index in [4.69, 9.17) is 24.1 Å². The molecule has 3 atom stereocenters. The van der Waals surface area contributed by atoms with Crippen molar-refractivity contribution in [1.82, 2.24) is 10.2 Å². The molecule has 0 saturated heterocycles. The van der Waals surface area contributed by atoms with E-state index in [0.29, 0.717) is 19.5 Å². The number of unbranched alkanes of at least 4 members (excludes halogenated alkanes) is 15. The molecule has 0 aromatic rings. The Morgan fingerprint density at radius 1 is 0.518 bits per heavy atom. The van der Waals surface area contributed by atoms with E-state index in [-0.39, 0.29) is 37.8 Å². The number of aliphatic carboxylic acids is 2. The Morgan fingerprint density at radius 2 is 0.911 bits per heavy atom. The normalized spacial score (nSPS) is 12.9. The zero-order chi connectivity index (χ0) is 41.5. The van der Waals surface area contributed by atoms with Crippen LogP contribution in [0.3, 0.4) is 0 Å². The third-order valence-electron chi connectivity index (χ3n) is 10.6. The zero-order valence-corrected chi connectivity index (χ0v) is 36.2. The average Bonchev–Trinajstić information content (AvgIpc) is 3.17. The van der Waals surface area contributed by atoms with Crippen LogP contribution in [-0.4, -0.2) is 97.5 Å². The highest BCUT2D eigenvalue weighted by Crippen LogP contribution is 2.20. The van der Waals surface area contributed by atoms with Gasteiger partial charge in [-0.15, -0.1) is 0 Å². The summed E-state index contributed by atoms with van der Waals surface area (Å²) in [5.74, 6) is -1.70. The molecular formula is C44H84N2O10. The van der Waals surface area contributed by atoms with Crippen LogP contribution in [0.2, 0.25) is 0 Å². The van der Waals surface area contributed by atoms with Crippen LogP contribution < -0.4 is 5.32 Å². The average molecular weight is 801 g/mol. The highest BCUT2D eigenvalue weighted by molar-refractivity contribution is 5.69. The number of carbonyl (C=O) groups is 4. The van der Waals surface area contributed by atoms with E-state index in [1.54, 1.807) is 0 Å². The first-order valence-corrected chi connectivity index (χ1v) is 22.7. The van der Waals surface area contributed by atoms with Crippen molar-refractivity contribution in [2.24, 2.45) is 5.92 Å². The van der Waals surface area contributed by atoms with Gasteiger partial charge in [0, 0.05) is 19.5 Å². The maximum Gasteiger partial charge on any atom is 0.508 e. The summed E-state index contributed by atoms with van der Waals surface area (Å²) < 4.78 is 22.0. The SMILES string of the molecule is CCCCCCC(CCCCCCCCC(=O)O)OC(=O)OCCNCCOC(=O)OC(CCCCCC)CCCCCCCC(CCN(CC)CC)C(=O)O. The predicted molar refractivity (Wildman–Crippen MR) is 223 cm³/mol. The molecular weight excluding hydrogens is 716 g/mol. The first-order chi connectivity index (χ1) is 27.2. The minimum atomic E-state index is -0.738. The van der Waals surface area contributed by atoms with Crippen LogP contribution in [0.4, 0.5) is 9.59 Å². The van der Waals surface area contributed by atoms with Gasteiger partial charge in [-0.25, -0.2) is 9.59 Å². The van der Waals surface area contributed by atoms with Crippen molar-refractivity contribution in [3.05, 3.63) is 0 Å². The van der Waals surface area contributed by atoms with Gasteiger partial charge in [-0.05, 0) is 90.3 Å². The number of rotatable bonds is 41. The van der Waals surface area contributed by atoms with Gasteiger partial charge in [-0.2, -0.15) is 0 Å². The molecule has 3 N–H and O–H groups in total. The summed E-state index contributed by atoms with van der Waals surface area (Å²) in [5, 5.41) is 21.5. The minimum Gasteiger partial charge on any atom is -0.481 e. The number of nitrogens with zero attached hydrogens (tertiary/aromatic N) is 1. The molecule has 0 amide bonds. The van der Waals surface area contributed by atoms with Crippen molar-refractivity contribution in [3.8, 4) is 0 Å². The Bertz CT molecular complexity index is 949. The predicted octanol–water partition coefficient (Wildman–Crippen LogP) is 10.9. The fraction of sp³-hybridized carbons (Fsp3) is 0.909. The van der Waals surface area contributed by atoms with Gasteiger partial charge in [0.1, 0.15) is 25.4 Å². The van der Waals surface area contributed by atoms with Crippen LogP contribution in [0.5, 0.6) is 0 Å². The molecule has 3 unspecified atom stereocenters. The molecule has 0 aromatic heterocycles. The van der Waals surface area contributed by atoms with Crippen LogP contribution in [0.1, 0.15) is 195 Å². The van der Waals surface area contributed by atoms with Gasteiger partial charge in [0.25, 0.3) is 0 Å². The summed E-state index contributed by atoms with van der Waals surface area (Å²) in [5.41, 5.74) is 0. The lowest BCUT2D eigenvalue weighted by molar-refractivity contribution is -0.142. The second-order valence-corrected chi connectivity index (χ2v) is 15.4. The Morgan fingerprint density at radius 3 is 1.30 bits per heavy atom. The van der Waals surface area contributed by atoms with Gasteiger partial charge in [0.05, 0.1) is 5.92 Å². The number of nitrogens with one attached hydrogen (secondary N) is 1. The van der Waals surface area contributed by atoms with E-state index in [1.165, 1.54) is 6.42 Å². The lowest BCUT2D eigenvalue weighted by Gasteiger charge is -2.20. The van der Waals surface area contributed by atoms with Crippen molar-refractivity contribution in [2.75, 3.05) is 45.9 Å². The van der Waals surface area contributed by atoms with Gasteiger partial charge < -0.3 is 39.4 Å². The monoisotopic (exact) mass is 801 g/mol. The molecule has 12 nitrogen and oxygen atoms in total. The molecule has 0 bridgehead atoms. The smallest absolute Gasteiger partial charge is 0.481 e. The molecule has 0 aliphatic carbocycles. The molecule has 56 heavy (non-hydrogen) atoms. The van der Waals surface area contributed by atoms with Gasteiger partial charge >= 0.3 is 24.2 Å². The van der Waals surface area contributed by atoms with Gasteiger partial charge in [-0.1, -0.05) is 118 Å². The van der Waals surface area contributed by atoms with E-state index in [0.717, 1.165) is 167 Å². The second-order valence-electron chi connectivity index (χ2n) is 15.4. The van der Waals surface area contributed by atoms with Crippen LogP contribution in [-0.2, 0) is 28.5 Å². The number of hydrogen-bond donors (Lipinski definition) is 3. The number of carboxylic acid groups (broad SMARTS) is 2. The van der Waals surface area contributed by atoms with Gasteiger partial charge in [0.15, 0.2) is 0 Å². The van der Waals surface area contributed by atoms with E-state index in [1.807, 2.05) is 0 Å². The molecule has 0 aliphatic rings. The quantitative estimate of drug-likeness (QED) is 0.0397. The van der Waals surface area contributed by atoms with Crippen LogP contribution in [0, 0.1) is 5.92 Å². The van der Waals surface area contributed by atoms with Crippen molar-refractivity contribution in [3.63, 3.8) is 0 Å². The third-order valence-corrected chi connectivity index (χ3v) is 10.6. The lowest BCUT2D eigenvalue weighted by Crippen LogP contribution is -2.28. The van der Waals surface area contributed by atoms with Crippen molar-refractivity contribution >= 4 is 24.2 Å². The number of ether oxygens (including phenoxy) is 4. The summed E-state index contributed by atoms with van der Waals surface area (Å²) in [6.45, 7) is 12.4. The number of hydrogen-bond acceptors (Lipinski definition) is 10. The van der Waals surface area contributed by atoms with Gasteiger partial charge in [-0.3, -0.25) is 9.59 Å². The summed E-state index contributed by atoms with van der Waals surface area (Å²) in [6.07, 6.45) is 22.8.